The van der Waals surface area contributed by atoms with Crippen LogP contribution in [0, 0.1) is 0 Å². The van der Waals surface area contributed by atoms with Gasteiger partial charge < -0.3 is 0 Å². The van der Waals surface area contributed by atoms with Crippen LogP contribution in [0.4, 0.5) is 0 Å². The van der Waals surface area contributed by atoms with Gasteiger partial charge in [-0.1, -0.05) is 139 Å². The fourth-order valence-electron chi connectivity index (χ4n) is 6.28. The molecule has 0 N–H and O–H groups in total. The van der Waals surface area contributed by atoms with Crippen LogP contribution < -0.4 is 0 Å². The van der Waals surface area contributed by atoms with E-state index in [1.807, 2.05) is 78.9 Å². The Labute approximate surface area is 292 Å². The lowest BCUT2D eigenvalue weighted by Crippen LogP contribution is -1.99. The van der Waals surface area contributed by atoms with Gasteiger partial charge in [-0.2, -0.15) is 0 Å². The predicted octanol–water partition coefficient (Wildman–Crippen LogP) is 12.0. The van der Waals surface area contributed by atoms with E-state index in [-0.39, 0.29) is 55.2 Å². The fourth-order valence-corrected chi connectivity index (χ4v) is 6.28. The van der Waals surface area contributed by atoms with Gasteiger partial charge in [-0.15, -0.1) is 0 Å². The maximum absolute atomic E-state index is 9.54. The first-order valence-electron chi connectivity index (χ1n) is 21.5. The molecule has 1 heterocycles. The van der Waals surface area contributed by atoms with Gasteiger partial charge >= 0.3 is 0 Å². The van der Waals surface area contributed by atoms with Gasteiger partial charge in [0.05, 0.1) is 28.9 Å². The second-order valence-electron chi connectivity index (χ2n) is 11.0. The van der Waals surface area contributed by atoms with E-state index in [0.717, 1.165) is 22.3 Å². The molecule has 9 aromatic rings. The van der Waals surface area contributed by atoms with Crippen molar-refractivity contribution in [3.63, 3.8) is 0 Å². The molecule has 0 fully saturated rings. The summed E-state index contributed by atoms with van der Waals surface area (Å²) in [5, 5.41) is -0.387. The summed E-state index contributed by atoms with van der Waals surface area (Å²) in [7, 11) is 0. The quantitative estimate of drug-likeness (QED) is 0.177. The van der Waals surface area contributed by atoms with E-state index in [1.54, 1.807) is 24.3 Å². The lowest BCUT2D eigenvalue weighted by molar-refractivity contribution is 1.11. The number of hydrogen-bond acceptors (Lipinski definition) is 1. The normalized spacial score (nSPS) is 15.3. The molecule has 0 aliphatic carbocycles. The van der Waals surface area contributed by atoms with E-state index < -0.39 is 78.6 Å². The van der Waals surface area contributed by atoms with Crippen LogP contribution >= 0.6 is 0 Å². The summed E-state index contributed by atoms with van der Waals surface area (Å²) in [6.45, 7) is 0. The highest BCUT2D eigenvalue weighted by atomic mass is 15.1. The molecule has 0 bridgehead atoms. The largest absolute Gasteiger partial charge is 0.292 e. The number of imidazole rings is 1. The molecule has 2 nitrogen and oxygen atoms in total. The van der Waals surface area contributed by atoms with Gasteiger partial charge in [-0.25, -0.2) is 4.98 Å². The van der Waals surface area contributed by atoms with Gasteiger partial charge in [0.2, 0.25) is 0 Å². The Morgan fingerprint density at radius 3 is 1.47 bits per heavy atom. The molecule has 220 valence electrons. The number of para-hydroxylation sites is 3. The molecule has 0 unspecified atom stereocenters. The minimum atomic E-state index is -0.629. The summed E-state index contributed by atoms with van der Waals surface area (Å²) in [5.74, 6) is -0.158. The SMILES string of the molecule is [2H]c1c([2H])c([2H])c(-n2c(-c3c4c([2H])c([2H])c([2H])c([2H])c4c(-c4cc(-c5ccccc5)cc(-c5ccccc5)c4)c4c([2H])c([2H])c([2H])c([2H])c34)nc3ccccc32)c([2H])c1[2H]. The van der Waals surface area contributed by atoms with Gasteiger partial charge in [-0.05, 0) is 97.3 Å². The van der Waals surface area contributed by atoms with Gasteiger partial charge in [0, 0.05) is 11.3 Å². The van der Waals surface area contributed by atoms with Crippen LogP contribution in [0.15, 0.2) is 182 Å². The van der Waals surface area contributed by atoms with Crippen LogP contribution in [-0.4, -0.2) is 9.55 Å². The number of nitrogens with zero attached hydrogens (tertiary/aromatic N) is 2. The summed E-state index contributed by atoms with van der Waals surface area (Å²) in [4.78, 5) is 4.90. The van der Waals surface area contributed by atoms with Crippen LogP contribution in [0.25, 0.3) is 83.0 Å². The Kier molecular flexibility index (Phi) is 4.05. The molecule has 0 aliphatic heterocycles. The van der Waals surface area contributed by atoms with E-state index in [4.69, 9.17) is 17.3 Å². The Morgan fingerprint density at radius 1 is 0.426 bits per heavy atom. The van der Waals surface area contributed by atoms with Gasteiger partial charge in [-0.3, -0.25) is 4.57 Å². The zero-order valence-electron chi connectivity index (χ0n) is 37.7. The average molecular weight is 612 g/mol. The smallest absolute Gasteiger partial charge is 0.146 e. The highest BCUT2D eigenvalue weighted by Crippen LogP contribution is 2.46. The standard InChI is InChI=1S/C45H30N2/c1-4-16-31(17-5-1)33-28-34(32-18-6-2-7-19-32)30-35(29-33)43-37-22-10-12-24-39(37)44(40-25-13-11-23-38(40)43)45-46-41-26-14-15-27-42(41)47(45)36-20-8-3-9-21-36/h1-30H/i3D,8D,9D,10D,11D,12D,13D,20D,21D,22D,23D,24D,25D. The Balaban J connectivity index is 1.57. The first kappa shape index (κ1) is 16.9. The molecule has 1 aromatic heterocycles. The Hall–Kier alpha value is -6.25. The molecule has 0 atom stereocenters. The van der Waals surface area contributed by atoms with Crippen LogP contribution in [0.2, 0.25) is 0 Å². The highest BCUT2D eigenvalue weighted by Gasteiger charge is 2.22. The second-order valence-corrected chi connectivity index (χ2v) is 11.0. The fraction of sp³-hybridized carbons (Fsp3) is 0. The van der Waals surface area contributed by atoms with Crippen LogP contribution in [0.1, 0.15) is 17.8 Å². The third-order valence-corrected chi connectivity index (χ3v) is 8.31. The zero-order valence-corrected chi connectivity index (χ0v) is 24.7. The molecular formula is C45H30N2. The number of fused-ring (bicyclic) bond motifs is 3. The molecule has 0 radical (unpaired) electrons. The molecule has 2 heteroatoms. The molecule has 0 amide bonds. The monoisotopic (exact) mass is 611 g/mol. The second kappa shape index (κ2) is 11.3. The van der Waals surface area contributed by atoms with E-state index in [1.165, 1.54) is 4.57 Å². The van der Waals surface area contributed by atoms with Crippen LogP contribution in [0.5, 0.6) is 0 Å². The first-order valence-corrected chi connectivity index (χ1v) is 15.0. The molecular weight excluding hydrogens is 569 g/mol. The van der Waals surface area contributed by atoms with Gasteiger partial charge in [0.15, 0.2) is 0 Å². The van der Waals surface area contributed by atoms with E-state index in [2.05, 4.69) is 0 Å². The summed E-state index contributed by atoms with van der Waals surface area (Å²) in [6.07, 6.45) is 0. The number of rotatable bonds is 5. The molecule has 0 saturated carbocycles. The van der Waals surface area contributed by atoms with Crippen molar-refractivity contribution in [3.05, 3.63) is 182 Å². The molecule has 0 saturated heterocycles. The van der Waals surface area contributed by atoms with Crippen molar-refractivity contribution in [2.45, 2.75) is 0 Å². The van der Waals surface area contributed by atoms with Crippen molar-refractivity contribution in [3.8, 4) is 50.5 Å². The van der Waals surface area contributed by atoms with Gasteiger partial charge in [0.1, 0.15) is 5.82 Å². The summed E-state index contributed by atoms with van der Waals surface area (Å²) >= 11 is 0. The summed E-state index contributed by atoms with van der Waals surface area (Å²) in [6, 6.07) is 23.8. The third kappa shape index (κ3) is 4.62. The maximum Gasteiger partial charge on any atom is 0.146 e. The molecule has 8 aromatic carbocycles. The molecule has 47 heavy (non-hydrogen) atoms. The minimum absolute atomic E-state index is 0.0579. The van der Waals surface area contributed by atoms with Crippen molar-refractivity contribution in [2.75, 3.05) is 0 Å². The van der Waals surface area contributed by atoms with E-state index in [9.17, 15) is 5.48 Å². The topological polar surface area (TPSA) is 17.8 Å². The van der Waals surface area contributed by atoms with Crippen LogP contribution in [0.3, 0.4) is 0 Å². The third-order valence-electron chi connectivity index (χ3n) is 8.31. The minimum Gasteiger partial charge on any atom is -0.292 e. The highest BCUT2D eigenvalue weighted by molar-refractivity contribution is 6.21. The maximum atomic E-state index is 9.54. The lowest BCUT2D eigenvalue weighted by Gasteiger charge is -2.19. The Morgan fingerprint density at radius 2 is 0.894 bits per heavy atom. The molecule has 0 aliphatic rings. The van der Waals surface area contributed by atoms with E-state index in [0.29, 0.717) is 5.56 Å². The van der Waals surface area contributed by atoms with Crippen molar-refractivity contribution < 1.29 is 17.8 Å². The number of hydrogen-bond donors (Lipinski definition) is 0. The average Bonchev–Trinajstić information content (AvgIpc) is 3.65. The van der Waals surface area contributed by atoms with Crippen molar-refractivity contribution in [2.24, 2.45) is 0 Å². The summed E-state index contributed by atoms with van der Waals surface area (Å²) in [5.41, 5.74) is 3.80. The van der Waals surface area contributed by atoms with E-state index >= 15 is 0 Å². The Bertz CT molecular complexity index is 3120. The lowest BCUT2D eigenvalue weighted by atomic mass is 9.86. The first-order chi connectivity index (χ1) is 28.7. The predicted molar refractivity (Wildman–Crippen MR) is 198 cm³/mol. The van der Waals surface area contributed by atoms with Crippen molar-refractivity contribution in [1.82, 2.24) is 9.55 Å². The van der Waals surface area contributed by atoms with Gasteiger partial charge in [0.25, 0.3) is 0 Å². The molecule has 0 spiro atoms. The molecule has 9 rings (SSSR count). The number of benzene rings is 8. The van der Waals surface area contributed by atoms with Crippen molar-refractivity contribution in [1.29, 1.82) is 0 Å². The van der Waals surface area contributed by atoms with Crippen molar-refractivity contribution >= 4 is 32.6 Å². The zero-order chi connectivity index (χ0) is 42.5. The number of aromatic nitrogens is 2. The summed E-state index contributed by atoms with van der Waals surface area (Å²) < 4.78 is 119. The van der Waals surface area contributed by atoms with Crippen LogP contribution in [-0.2, 0) is 0 Å².